The number of carbonyl (C=O) groups excluding carboxylic acids is 2. The zero-order valence-corrected chi connectivity index (χ0v) is 19.7. The molecule has 0 bridgehead atoms. The molecule has 2 N–H and O–H groups in total. The number of phenolic OH excluding ortho intramolecular Hbond substituents is 1. The largest absolute Gasteiger partial charge is 0.507 e. The van der Waals surface area contributed by atoms with Crippen molar-refractivity contribution < 1.29 is 29.3 Å². The van der Waals surface area contributed by atoms with Crippen LogP contribution in [0.15, 0.2) is 66.2 Å². The van der Waals surface area contributed by atoms with Crippen LogP contribution >= 0.6 is 11.6 Å². The van der Waals surface area contributed by atoms with Gasteiger partial charge >= 0.3 is 0 Å². The Morgan fingerprint density at radius 1 is 1.09 bits per heavy atom. The zero-order valence-electron chi connectivity index (χ0n) is 19.0. The molecule has 178 valence electrons. The van der Waals surface area contributed by atoms with Gasteiger partial charge in [-0.05, 0) is 72.6 Å². The number of aliphatic hydroxyl groups is 1. The van der Waals surface area contributed by atoms with Gasteiger partial charge in [-0.2, -0.15) is 0 Å². The number of ether oxygens (including phenoxy) is 2. The van der Waals surface area contributed by atoms with Crippen LogP contribution in [0.5, 0.6) is 17.2 Å². The minimum Gasteiger partial charge on any atom is -0.507 e. The monoisotopic (exact) mass is 491 g/mol. The van der Waals surface area contributed by atoms with Gasteiger partial charge in [0.25, 0.3) is 11.7 Å². The number of anilines is 1. The molecule has 0 aliphatic carbocycles. The smallest absolute Gasteiger partial charge is 0.300 e. The molecular weight excluding hydrogens is 470 g/mol. The SMILES string of the molecule is COc1ccc(C2/C(=C(/O)c3ccc4c(c3)CC(C)O4)C(=O)C(=O)N2c2ccc(Cl)cc2)cc1O. The normalized spacial score (nSPS) is 20.6. The van der Waals surface area contributed by atoms with E-state index in [1.165, 1.54) is 18.1 Å². The Morgan fingerprint density at radius 3 is 2.51 bits per heavy atom. The van der Waals surface area contributed by atoms with E-state index in [1.807, 2.05) is 6.92 Å². The van der Waals surface area contributed by atoms with Crippen LogP contribution in [-0.4, -0.2) is 35.1 Å². The van der Waals surface area contributed by atoms with Crippen LogP contribution in [0.3, 0.4) is 0 Å². The molecule has 1 amide bonds. The number of methoxy groups -OCH3 is 1. The van der Waals surface area contributed by atoms with E-state index in [0.29, 0.717) is 28.3 Å². The highest BCUT2D eigenvalue weighted by Crippen LogP contribution is 2.44. The Labute approximate surface area is 206 Å². The highest BCUT2D eigenvalue weighted by atomic mass is 35.5. The van der Waals surface area contributed by atoms with Crippen molar-refractivity contribution >= 4 is 34.7 Å². The van der Waals surface area contributed by atoms with Gasteiger partial charge in [0.15, 0.2) is 11.5 Å². The van der Waals surface area contributed by atoms with E-state index in [4.69, 9.17) is 21.1 Å². The molecule has 35 heavy (non-hydrogen) atoms. The van der Waals surface area contributed by atoms with E-state index in [-0.39, 0.29) is 28.9 Å². The second kappa shape index (κ2) is 8.67. The molecule has 2 atom stereocenters. The molecule has 0 radical (unpaired) electrons. The summed E-state index contributed by atoms with van der Waals surface area (Å²) < 4.78 is 10.9. The van der Waals surface area contributed by atoms with Crippen molar-refractivity contribution in [3.05, 3.63) is 87.9 Å². The molecule has 1 fully saturated rings. The van der Waals surface area contributed by atoms with Crippen LogP contribution in [0.4, 0.5) is 5.69 Å². The zero-order chi connectivity index (χ0) is 24.9. The van der Waals surface area contributed by atoms with Crippen molar-refractivity contribution in [1.29, 1.82) is 0 Å². The van der Waals surface area contributed by atoms with Gasteiger partial charge < -0.3 is 19.7 Å². The minimum absolute atomic E-state index is 0.0140. The van der Waals surface area contributed by atoms with E-state index >= 15 is 0 Å². The summed E-state index contributed by atoms with van der Waals surface area (Å²) >= 11 is 6.03. The highest BCUT2D eigenvalue weighted by Gasteiger charge is 2.47. The van der Waals surface area contributed by atoms with E-state index in [0.717, 1.165) is 11.3 Å². The molecular formula is C27H22ClNO6. The van der Waals surface area contributed by atoms with Crippen LogP contribution < -0.4 is 14.4 Å². The maximum absolute atomic E-state index is 13.3. The first-order chi connectivity index (χ1) is 16.8. The average molecular weight is 492 g/mol. The predicted molar refractivity (Wildman–Crippen MR) is 131 cm³/mol. The van der Waals surface area contributed by atoms with Gasteiger partial charge in [0.05, 0.1) is 18.7 Å². The Balaban J connectivity index is 1.70. The third-order valence-corrected chi connectivity index (χ3v) is 6.49. The van der Waals surface area contributed by atoms with Crippen molar-refractivity contribution in [2.75, 3.05) is 12.0 Å². The lowest BCUT2D eigenvalue weighted by atomic mass is 9.94. The number of amides is 1. The maximum atomic E-state index is 13.3. The molecule has 1 saturated heterocycles. The summed E-state index contributed by atoms with van der Waals surface area (Å²) in [7, 11) is 1.42. The van der Waals surface area contributed by atoms with E-state index in [2.05, 4.69) is 0 Å². The van der Waals surface area contributed by atoms with Gasteiger partial charge in [-0.25, -0.2) is 0 Å². The predicted octanol–water partition coefficient (Wildman–Crippen LogP) is 5.00. The molecule has 0 spiro atoms. The van der Waals surface area contributed by atoms with Crippen molar-refractivity contribution in [3.8, 4) is 17.2 Å². The van der Waals surface area contributed by atoms with E-state index < -0.39 is 17.7 Å². The number of hydrogen-bond acceptors (Lipinski definition) is 6. The van der Waals surface area contributed by atoms with Gasteiger partial charge in [0.2, 0.25) is 0 Å². The third kappa shape index (κ3) is 3.88. The van der Waals surface area contributed by atoms with Crippen molar-refractivity contribution in [2.45, 2.75) is 25.5 Å². The number of nitrogens with zero attached hydrogens (tertiary/aromatic N) is 1. The molecule has 2 heterocycles. The Kier molecular flexibility index (Phi) is 5.65. The summed E-state index contributed by atoms with van der Waals surface area (Å²) in [5.74, 6) is -1.12. The fourth-order valence-corrected chi connectivity index (χ4v) is 4.74. The summed E-state index contributed by atoms with van der Waals surface area (Å²) in [4.78, 5) is 27.8. The molecule has 8 heteroatoms. The molecule has 2 aliphatic heterocycles. The minimum atomic E-state index is -0.989. The fourth-order valence-electron chi connectivity index (χ4n) is 4.62. The standard InChI is InChI=1S/C27H22ClNO6/c1-14-11-17-12-16(4-9-21(17)35-14)25(31)23-24(15-3-10-22(34-2)20(30)13-15)29(27(33)26(23)32)19-7-5-18(28)6-8-19/h3-10,12-14,24,30-31H,11H2,1-2H3/b25-23-. The second-order valence-corrected chi connectivity index (χ2v) is 8.97. The third-order valence-electron chi connectivity index (χ3n) is 6.24. The topological polar surface area (TPSA) is 96.3 Å². The number of rotatable bonds is 4. The van der Waals surface area contributed by atoms with Crippen LogP contribution in [0, 0.1) is 0 Å². The first kappa shape index (κ1) is 22.8. The van der Waals surface area contributed by atoms with Crippen molar-refractivity contribution in [2.24, 2.45) is 0 Å². The fraction of sp³-hybridized carbons (Fsp3) is 0.185. The number of aliphatic hydroxyl groups excluding tert-OH is 1. The number of halogens is 1. The number of ketones is 1. The Bertz CT molecular complexity index is 1380. The van der Waals surface area contributed by atoms with Gasteiger partial charge in [-0.1, -0.05) is 17.7 Å². The summed E-state index contributed by atoms with van der Waals surface area (Å²) in [6.07, 6.45) is 0.686. The summed E-state index contributed by atoms with van der Waals surface area (Å²) in [6.45, 7) is 1.95. The van der Waals surface area contributed by atoms with Gasteiger partial charge in [0, 0.05) is 22.7 Å². The second-order valence-electron chi connectivity index (χ2n) is 8.53. The Hall–Kier alpha value is -3.97. The van der Waals surface area contributed by atoms with Crippen molar-refractivity contribution in [1.82, 2.24) is 0 Å². The number of benzene rings is 3. The van der Waals surface area contributed by atoms with Gasteiger partial charge in [-0.3, -0.25) is 14.5 Å². The van der Waals surface area contributed by atoms with E-state index in [1.54, 1.807) is 54.6 Å². The number of hydrogen-bond donors (Lipinski definition) is 2. The lowest BCUT2D eigenvalue weighted by molar-refractivity contribution is -0.132. The highest BCUT2D eigenvalue weighted by molar-refractivity contribution is 6.51. The first-order valence-corrected chi connectivity index (χ1v) is 11.4. The Morgan fingerprint density at radius 2 is 1.83 bits per heavy atom. The summed E-state index contributed by atoms with van der Waals surface area (Å²) in [5, 5.41) is 22.2. The lowest BCUT2D eigenvalue weighted by Gasteiger charge is -2.26. The van der Waals surface area contributed by atoms with Crippen LogP contribution in [0.1, 0.15) is 29.7 Å². The lowest BCUT2D eigenvalue weighted by Crippen LogP contribution is -2.29. The molecule has 3 aromatic rings. The molecule has 2 unspecified atom stereocenters. The first-order valence-electron chi connectivity index (χ1n) is 11.0. The maximum Gasteiger partial charge on any atom is 0.300 e. The molecule has 0 saturated carbocycles. The van der Waals surface area contributed by atoms with Crippen LogP contribution in [0.25, 0.3) is 5.76 Å². The molecule has 7 nitrogen and oxygen atoms in total. The number of phenols is 1. The van der Waals surface area contributed by atoms with Gasteiger partial charge in [0.1, 0.15) is 17.6 Å². The van der Waals surface area contributed by atoms with Crippen molar-refractivity contribution in [3.63, 3.8) is 0 Å². The number of aromatic hydroxyl groups is 1. The van der Waals surface area contributed by atoms with Crippen LogP contribution in [0.2, 0.25) is 5.02 Å². The molecule has 0 aromatic heterocycles. The van der Waals surface area contributed by atoms with Crippen LogP contribution in [-0.2, 0) is 16.0 Å². The van der Waals surface area contributed by atoms with Gasteiger partial charge in [-0.15, -0.1) is 0 Å². The average Bonchev–Trinajstić information content (AvgIpc) is 3.34. The molecule has 3 aromatic carbocycles. The quantitative estimate of drug-likeness (QED) is 0.303. The summed E-state index contributed by atoms with van der Waals surface area (Å²) in [6, 6.07) is 15.3. The van der Waals surface area contributed by atoms with E-state index in [9.17, 15) is 19.8 Å². The summed E-state index contributed by atoms with van der Waals surface area (Å²) in [5.41, 5.74) is 2.08. The number of fused-ring (bicyclic) bond motifs is 1. The molecule has 5 rings (SSSR count). The number of Topliss-reactive ketones (excluding diaryl/α,β-unsaturated/α-hetero) is 1. The number of carbonyl (C=O) groups is 2. The molecule has 2 aliphatic rings.